The first-order chi connectivity index (χ1) is 13.0. The lowest BCUT2D eigenvalue weighted by Gasteiger charge is -2.28. The molecular formula is C20H12BrN3O3. The van der Waals surface area contributed by atoms with Crippen molar-refractivity contribution in [2.24, 2.45) is 0 Å². The summed E-state index contributed by atoms with van der Waals surface area (Å²) in [6.45, 7) is 1.80. The molecule has 0 radical (unpaired) electrons. The van der Waals surface area contributed by atoms with Crippen molar-refractivity contribution in [3.05, 3.63) is 74.1 Å². The molecule has 1 aliphatic rings. The summed E-state index contributed by atoms with van der Waals surface area (Å²) in [5.74, 6) is -0.756. The van der Waals surface area contributed by atoms with E-state index in [1.54, 1.807) is 37.3 Å². The predicted molar refractivity (Wildman–Crippen MR) is 106 cm³/mol. The molecule has 3 aromatic carbocycles. The van der Waals surface area contributed by atoms with Crippen molar-refractivity contribution in [2.75, 3.05) is 4.90 Å². The number of nitrogens with one attached hydrogen (secondary N) is 2. The molecule has 132 valence electrons. The number of carbonyl (C=O) groups is 2. The van der Waals surface area contributed by atoms with Crippen LogP contribution in [0.2, 0.25) is 0 Å². The minimum absolute atomic E-state index is 0.335. The Morgan fingerprint density at radius 1 is 0.889 bits per heavy atom. The van der Waals surface area contributed by atoms with Crippen LogP contribution in [0.15, 0.2) is 51.7 Å². The van der Waals surface area contributed by atoms with Gasteiger partial charge in [0.25, 0.3) is 11.8 Å². The summed E-state index contributed by atoms with van der Waals surface area (Å²) in [7, 11) is 0. The second-order valence-electron chi connectivity index (χ2n) is 6.53. The highest BCUT2D eigenvalue weighted by molar-refractivity contribution is 9.10. The smallest absolute Gasteiger partial charge is 0.306 e. The Labute approximate surface area is 160 Å². The molecule has 2 N–H and O–H groups in total. The van der Waals surface area contributed by atoms with Crippen LogP contribution in [0.25, 0.3) is 21.8 Å². The van der Waals surface area contributed by atoms with E-state index in [0.717, 1.165) is 9.86 Å². The first kappa shape index (κ1) is 16.0. The molecule has 0 saturated heterocycles. The van der Waals surface area contributed by atoms with Crippen LogP contribution in [-0.2, 0) is 0 Å². The van der Waals surface area contributed by atoms with Gasteiger partial charge in [-0.25, -0.2) is 9.69 Å². The van der Waals surface area contributed by atoms with Crippen LogP contribution < -0.4 is 10.6 Å². The zero-order chi connectivity index (χ0) is 18.9. The van der Waals surface area contributed by atoms with Gasteiger partial charge in [-0.05, 0) is 48.2 Å². The lowest BCUT2D eigenvalue weighted by molar-refractivity contribution is 0.0893. The van der Waals surface area contributed by atoms with Gasteiger partial charge in [0, 0.05) is 21.0 Å². The van der Waals surface area contributed by atoms with Crippen molar-refractivity contribution >= 4 is 55.2 Å². The second kappa shape index (κ2) is 5.40. The highest BCUT2D eigenvalue weighted by atomic mass is 79.9. The Morgan fingerprint density at radius 3 is 2.30 bits per heavy atom. The molecule has 1 aliphatic heterocycles. The number of hydrogen-bond donors (Lipinski definition) is 2. The number of amides is 2. The fraction of sp³-hybridized carbons (Fsp3) is 0.0500. The molecule has 5 rings (SSSR count). The molecule has 27 heavy (non-hydrogen) atoms. The quantitative estimate of drug-likeness (QED) is 0.457. The SMILES string of the molecule is Cc1cc2[nH]c(=O)[nH]c2cc1N1C(=O)c2cccc3c(Br)ccc(c23)C1=O. The lowest BCUT2D eigenvalue weighted by atomic mass is 9.93. The minimum atomic E-state index is -0.378. The summed E-state index contributed by atoms with van der Waals surface area (Å²) in [6.07, 6.45) is 0. The summed E-state index contributed by atoms with van der Waals surface area (Å²) in [4.78, 5) is 44.6. The second-order valence-corrected chi connectivity index (χ2v) is 7.39. The Balaban J connectivity index is 1.79. The van der Waals surface area contributed by atoms with Gasteiger partial charge in [-0.15, -0.1) is 0 Å². The number of aryl methyl sites for hydroxylation is 1. The third kappa shape index (κ3) is 2.15. The summed E-state index contributed by atoms with van der Waals surface area (Å²) >= 11 is 3.49. The maximum atomic E-state index is 13.2. The van der Waals surface area contributed by atoms with Crippen molar-refractivity contribution in [2.45, 2.75) is 6.92 Å². The van der Waals surface area contributed by atoms with Crippen molar-refractivity contribution in [1.29, 1.82) is 0 Å². The number of halogens is 1. The van der Waals surface area contributed by atoms with E-state index in [-0.39, 0.29) is 17.5 Å². The lowest BCUT2D eigenvalue weighted by Crippen LogP contribution is -2.40. The average Bonchev–Trinajstić information content (AvgIpc) is 3.00. The molecule has 0 spiro atoms. The van der Waals surface area contributed by atoms with Gasteiger partial charge < -0.3 is 9.97 Å². The number of hydrogen-bond acceptors (Lipinski definition) is 3. The van der Waals surface area contributed by atoms with Crippen LogP contribution in [0, 0.1) is 6.92 Å². The number of imidazole rings is 1. The molecule has 0 atom stereocenters. The molecule has 4 aromatic rings. The first-order valence-corrected chi connectivity index (χ1v) is 9.07. The van der Waals surface area contributed by atoms with Crippen molar-refractivity contribution in [1.82, 2.24) is 9.97 Å². The molecule has 0 unspecified atom stereocenters. The molecule has 2 amide bonds. The van der Waals surface area contributed by atoms with Crippen LogP contribution in [-0.4, -0.2) is 21.8 Å². The van der Waals surface area contributed by atoms with Crippen LogP contribution in [0.4, 0.5) is 5.69 Å². The number of aromatic nitrogens is 2. The summed E-state index contributed by atoms with van der Waals surface area (Å²) in [5.41, 5.74) is 2.96. The predicted octanol–water partition coefficient (Wildman–Crippen LogP) is 3.88. The molecule has 7 heteroatoms. The zero-order valence-electron chi connectivity index (χ0n) is 14.1. The van der Waals surface area contributed by atoms with Crippen LogP contribution in [0.1, 0.15) is 26.3 Å². The Hall–Kier alpha value is -3.19. The average molecular weight is 422 g/mol. The number of carbonyl (C=O) groups excluding carboxylic acids is 2. The number of rotatable bonds is 1. The van der Waals surface area contributed by atoms with E-state index in [0.29, 0.717) is 38.8 Å². The van der Waals surface area contributed by atoms with Gasteiger partial charge in [0.2, 0.25) is 0 Å². The van der Waals surface area contributed by atoms with Crippen molar-refractivity contribution < 1.29 is 9.59 Å². The maximum absolute atomic E-state index is 13.2. The standard InChI is InChI=1S/C20H12BrN3O3/c1-9-7-14-15(23-20(27)22-14)8-16(9)24-18(25)11-4-2-3-10-13(21)6-5-12(17(10)11)19(24)26/h2-8H,1H3,(H2,22,23,27). The third-order valence-corrected chi connectivity index (χ3v) is 5.62. The molecule has 1 aromatic heterocycles. The van der Waals surface area contributed by atoms with E-state index in [1.165, 1.54) is 4.90 Å². The summed E-state index contributed by atoms with van der Waals surface area (Å²) in [6, 6.07) is 12.4. The molecule has 0 aliphatic carbocycles. The largest absolute Gasteiger partial charge is 0.323 e. The van der Waals surface area contributed by atoms with E-state index >= 15 is 0 Å². The fourth-order valence-electron chi connectivity index (χ4n) is 3.70. The Kier molecular flexibility index (Phi) is 3.21. The fourth-order valence-corrected chi connectivity index (χ4v) is 4.16. The Bertz CT molecular complexity index is 1340. The number of aromatic amines is 2. The van der Waals surface area contributed by atoms with E-state index in [1.807, 2.05) is 12.1 Å². The highest BCUT2D eigenvalue weighted by Crippen LogP contribution is 2.37. The number of benzene rings is 3. The van der Waals surface area contributed by atoms with Gasteiger partial charge in [-0.3, -0.25) is 9.59 Å². The molecule has 0 bridgehead atoms. The van der Waals surface area contributed by atoms with Gasteiger partial charge in [0.05, 0.1) is 16.7 Å². The van der Waals surface area contributed by atoms with Gasteiger partial charge >= 0.3 is 5.69 Å². The number of H-pyrrole nitrogens is 2. The van der Waals surface area contributed by atoms with Crippen molar-refractivity contribution in [3.8, 4) is 0 Å². The number of anilines is 1. The van der Waals surface area contributed by atoms with Crippen molar-refractivity contribution in [3.63, 3.8) is 0 Å². The number of imide groups is 1. The topological polar surface area (TPSA) is 86.0 Å². The number of nitrogens with zero attached hydrogens (tertiary/aromatic N) is 1. The van der Waals surface area contributed by atoms with Gasteiger partial charge in [-0.2, -0.15) is 0 Å². The summed E-state index contributed by atoms with van der Waals surface area (Å²) < 4.78 is 0.833. The third-order valence-electron chi connectivity index (χ3n) is 4.93. The van der Waals surface area contributed by atoms with E-state index in [9.17, 15) is 14.4 Å². The van der Waals surface area contributed by atoms with Gasteiger partial charge in [0.1, 0.15) is 0 Å². The highest BCUT2D eigenvalue weighted by Gasteiger charge is 2.35. The van der Waals surface area contributed by atoms with Crippen LogP contribution >= 0.6 is 15.9 Å². The van der Waals surface area contributed by atoms with Gasteiger partial charge in [0.15, 0.2) is 0 Å². The van der Waals surface area contributed by atoms with E-state index in [4.69, 9.17) is 0 Å². The maximum Gasteiger partial charge on any atom is 0.323 e. The molecule has 0 saturated carbocycles. The van der Waals surface area contributed by atoms with Crippen LogP contribution in [0.5, 0.6) is 0 Å². The monoisotopic (exact) mass is 421 g/mol. The van der Waals surface area contributed by atoms with E-state index < -0.39 is 0 Å². The molecule has 6 nitrogen and oxygen atoms in total. The van der Waals surface area contributed by atoms with Gasteiger partial charge in [-0.1, -0.05) is 28.1 Å². The first-order valence-electron chi connectivity index (χ1n) is 8.28. The molecular weight excluding hydrogens is 410 g/mol. The molecule has 0 fully saturated rings. The number of fused-ring (bicyclic) bond motifs is 1. The zero-order valence-corrected chi connectivity index (χ0v) is 15.7. The Morgan fingerprint density at radius 2 is 1.56 bits per heavy atom. The minimum Gasteiger partial charge on any atom is -0.306 e. The summed E-state index contributed by atoms with van der Waals surface area (Å²) in [5, 5.41) is 1.49. The molecule has 2 heterocycles. The van der Waals surface area contributed by atoms with E-state index in [2.05, 4.69) is 25.9 Å². The normalized spacial score (nSPS) is 13.8. The van der Waals surface area contributed by atoms with Crippen LogP contribution in [0.3, 0.4) is 0 Å².